The summed E-state index contributed by atoms with van der Waals surface area (Å²) in [7, 11) is 5.33. The normalized spacial score (nSPS) is 15.9. The summed E-state index contributed by atoms with van der Waals surface area (Å²) in [6, 6.07) is 29.0. The van der Waals surface area contributed by atoms with Gasteiger partial charge in [-0.2, -0.15) is 0 Å². The van der Waals surface area contributed by atoms with Gasteiger partial charge in [-0.15, -0.1) is 0 Å². The molecule has 0 saturated carbocycles. The summed E-state index contributed by atoms with van der Waals surface area (Å²) in [5.74, 6) is 0.742. The van der Waals surface area contributed by atoms with Crippen LogP contribution < -0.4 is 25.4 Å². The van der Waals surface area contributed by atoms with Crippen molar-refractivity contribution in [2.24, 2.45) is 0 Å². The SMILES string of the molecule is COc1ccc(CNC(=O)c2ccc3c(c2)C(=C(Nc2ccc(CN4CCN(C)CC4)cc2)c2ccccc2)C(=O)N3)cc1OC. The molecular formula is C37H39N5O4. The predicted octanol–water partition coefficient (Wildman–Crippen LogP) is 5.31. The van der Waals surface area contributed by atoms with Gasteiger partial charge in [0.2, 0.25) is 0 Å². The Hall–Kier alpha value is -5.12. The molecule has 1 saturated heterocycles. The van der Waals surface area contributed by atoms with Crippen molar-refractivity contribution in [3.63, 3.8) is 0 Å². The molecule has 9 heteroatoms. The van der Waals surface area contributed by atoms with E-state index in [1.54, 1.807) is 32.4 Å². The first-order chi connectivity index (χ1) is 22.4. The number of fused-ring (bicyclic) bond motifs is 1. The molecule has 2 amide bonds. The number of hydrogen-bond acceptors (Lipinski definition) is 7. The van der Waals surface area contributed by atoms with Gasteiger partial charge < -0.3 is 30.3 Å². The van der Waals surface area contributed by atoms with E-state index in [1.807, 2.05) is 48.5 Å². The van der Waals surface area contributed by atoms with E-state index in [2.05, 4.69) is 57.1 Å². The molecule has 236 valence electrons. The van der Waals surface area contributed by atoms with Gasteiger partial charge in [0.1, 0.15) is 0 Å². The zero-order valence-corrected chi connectivity index (χ0v) is 26.4. The fourth-order valence-corrected chi connectivity index (χ4v) is 5.82. The molecule has 0 bridgehead atoms. The summed E-state index contributed by atoms with van der Waals surface area (Å²) in [5, 5.41) is 9.50. The van der Waals surface area contributed by atoms with Gasteiger partial charge in [-0.25, -0.2) is 0 Å². The number of methoxy groups -OCH3 is 2. The van der Waals surface area contributed by atoms with Gasteiger partial charge >= 0.3 is 0 Å². The van der Waals surface area contributed by atoms with Crippen LogP contribution in [0.15, 0.2) is 91.0 Å². The number of anilines is 2. The van der Waals surface area contributed by atoms with E-state index in [-0.39, 0.29) is 11.8 Å². The summed E-state index contributed by atoms with van der Waals surface area (Å²) in [5.41, 5.74) is 6.80. The van der Waals surface area contributed by atoms with Crippen LogP contribution in [-0.4, -0.2) is 69.1 Å². The molecule has 4 aromatic rings. The highest BCUT2D eigenvalue weighted by molar-refractivity contribution is 6.37. The zero-order chi connectivity index (χ0) is 32.0. The number of nitrogens with zero attached hydrogens (tertiary/aromatic N) is 2. The number of benzene rings is 4. The summed E-state index contributed by atoms with van der Waals surface area (Å²) >= 11 is 0. The van der Waals surface area contributed by atoms with E-state index < -0.39 is 0 Å². The minimum Gasteiger partial charge on any atom is -0.493 e. The zero-order valence-electron chi connectivity index (χ0n) is 26.4. The van der Waals surface area contributed by atoms with E-state index in [0.29, 0.717) is 46.1 Å². The second-order valence-electron chi connectivity index (χ2n) is 11.6. The van der Waals surface area contributed by atoms with E-state index in [9.17, 15) is 9.59 Å². The van der Waals surface area contributed by atoms with Crippen molar-refractivity contribution in [2.45, 2.75) is 13.1 Å². The quantitative estimate of drug-likeness (QED) is 0.208. The molecule has 1 fully saturated rings. The Morgan fingerprint density at radius 2 is 1.52 bits per heavy atom. The molecule has 9 nitrogen and oxygen atoms in total. The van der Waals surface area contributed by atoms with Crippen molar-refractivity contribution < 1.29 is 19.1 Å². The number of hydrogen-bond donors (Lipinski definition) is 3. The van der Waals surface area contributed by atoms with Gasteiger partial charge in [0.15, 0.2) is 11.5 Å². The fraction of sp³-hybridized carbons (Fsp3) is 0.243. The predicted molar refractivity (Wildman–Crippen MR) is 182 cm³/mol. The molecule has 6 rings (SSSR count). The number of carbonyl (C=O) groups excluding carboxylic acids is 2. The number of piperazine rings is 1. The standard InChI is InChI=1S/C37H39N5O4/c1-41-17-19-42(20-18-41)24-25-9-13-29(14-10-25)39-35(27-7-5-4-6-8-27)34-30-22-28(12-15-31(30)40-37(34)44)36(43)38-23-26-11-16-32(45-2)33(21-26)46-3/h4-16,21-22,39H,17-20,23-24H2,1-3H3,(H,38,43)(H,40,44). The van der Waals surface area contributed by atoms with Crippen molar-refractivity contribution in [1.29, 1.82) is 0 Å². The number of ether oxygens (including phenoxy) is 2. The van der Waals surface area contributed by atoms with Crippen LogP contribution in [0.4, 0.5) is 11.4 Å². The van der Waals surface area contributed by atoms with Crippen LogP contribution in [0.1, 0.15) is 32.6 Å². The topological polar surface area (TPSA) is 95.2 Å². The molecule has 46 heavy (non-hydrogen) atoms. The number of carbonyl (C=O) groups is 2. The maximum absolute atomic E-state index is 13.5. The lowest BCUT2D eigenvalue weighted by molar-refractivity contribution is -0.110. The first-order valence-corrected chi connectivity index (χ1v) is 15.4. The number of rotatable bonds is 10. The Bertz CT molecular complexity index is 1750. The van der Waals surface area contributed by atoms with Gasteiger partial charge in [0.05, 0.1) is 25.5 Å². The smallest absolute Gasteiger partial charge is 0.258 e. The third-order valence-corrected chi connectivity index (χ3v) is 8.47. The Kier molecular flexibility index (Phi) is 9.33. The largest absolute Gasteiger partial charge is 0.493 e. The van der Waals surface area contributed by atoms with Crippen molar-refractivity contribution in [3.05, 3.63) is 119 Å². The van der Waals surface area contributed by atoms with Crippen molar-refractivity contribution in [3.8, 4) is 11.5 Å². The Morgan fingerprint density at radius 3 is 2.24 bits per heavy atom. The van der Waals surface area contributed by atoms with E-state index in [4.69, 9.17) is 9.47 Å². The average molecular weight is 618 g/mol. The third kappa shape index (κ3) is 6.91. The highest BCUT2D eigenvalue weighted by Gasteiger charge is 2.29. The van der Waals surface area contributed by atoms with Gasteiger partial charge in [0.25, 0.3) is 11.8 Å². The summed E-state index contributed by atoms with van der Waals surface area (Å²) in [6.07, 6.45) is 0. The van der Waals surface area contributed by atoms with Crippen LogP contribution in [0, 0.1) is 0 Å². The van der Waals surface area contributed by atoms with Crippen molar-refractivity contribution in [1.82, 2.24) is 15.1 Å². The molecule has 2 heterocycles. The summed E-state index contributed by atoms with van der Waals surface area (Å²) in [4.78, 5) is 31.6. The number of likely N-dealkylation sites (N-methyl/N-ethyl adjacent to an activating group) is 1. The molecular weight excluding hydrogens is 578 g/mol. The first kappa shape index (κ1) is 30.9. The third-order valence-electron chi connectivity index (χ3n) is 8.47. The van der Waals surface area contributed by atoms with Gasteiger partial charge in [-0.05, 0) is 66.2 Å². The Labute approximate surface area is 269 Å². The van der Waals surface area contributed by atoms with Gasteiger partial charge in [0, 0.05) is 61.8 Å². The summed E-state index contributed by atoms with van der Waals surface area (Å²) < 4.78 is 10.7. The second kappa shape index (κ2) is 13.9. The molecule has 0 spiro atoms. The second-order valence-corrected chi connectivity index (χ2v) is 11.6. The Morgan fingerprint density at radius 1 is 0.804 bits per heavy atom. The van der Waals surface area contributed by atoms with E-state index in [0.717, 1.165) is 49.5 Å². The maximum atomic E-state index is 13.5. The summed E-state index contributed by atoms with van der Waals surface area (Å²) in [6.45, 7) is 5.50. The molecule has 0 atom stereocenters. The minimum absolute atomic E-state index is 0.226. The fourth-order valence-electron chi connectivity index (χ4n) is 5.82. The van der Waals surface area contributed by atoms with E-state index >= 15 is 0 Å². The van der Waals surface area contributed by atoms with Crippen LogP contribution >= 0.6 is 0 Å². The van der Waals surface area contributed by atoms with Gasteiger partial charge in [-0.3, -0.25) is 14.5 Å². The monoisotopic (exact) mass is 617 g/mol. The molecule has 4 aromatic carbocycles. The lowest BCUT2D eigenvalue weighted by Gasteiger charge is -2.32. The van der Waals surface area contributed by atoms with Gasteiger partial charge in [-0.1, -0.05) is 48.5 Å². The molecule has 2 aliphatic heterocycles. The first-order valence-electron chi connectivity index (χ1n) is 15.4. The average Bonchev–Trinajstić information content (AvgIpc) is 3.42. The number of amides is 2. The highest BCUT2D eigenvalue weighted by atomic mass is 16.5. The molecule has 0 aliphatic carbocycles. The van der Waals surface area contributed by atoms with Crippen LogP contribution in [-0.2, 0) is 17.9 Å². The van der Waals surface area contributed by atoms with Crippen LogP contribution in [0.2, 0.25) is 0 Å². The molecule has 0 aromatic heterocycles. The molecule has 0 unspecified atom stereocenters. The Balaban J connectivity index is 1.25. The minimum atomic E-state index is -0.249. The maximum Gasteiger partial charge on any atom is 0.258 e. The molecule has 0 radical (unpaired) electrons. The van der Waals surface area contributed by atoms with Crippen molar-refractivity contribution >= 4 is 34.5 Å². The molecule has 2 aliphatic rings. The molecule has 3 N–H and O–H groups in total. The van der Waals surface area contributed by atoms with Crippen LogP contribution in [0.3, 0.4) is 0 Å². The van der Waals surface area contributed by atoms with Crippen LogP contribution in [0.25, 0.3) is 11.3 Å². The lowest BCUT2D eigenvalue weighted by Crippen LogP contribution is -2.43. The highest BCUT2D eigenvalue weighted by Crippen LogP contribution is 2.38. The lowest BCUT2D eigenvalue weighted by atomic mass is 9.98. The van der Waals surface area contributed by atoms with Crippen molar-refractivity contribution in [2.75, 3.05) is 58.1 Å². The van der Waals surface area contributed by atoms with Crippen LogP contribution in [0.5, 0.6) is 11.5 Å². The van der Waals surface area contributed by atoms with E-state index in [1.165, 1.54) is 5.56 Å². The number of nitrogens with one attached hydrogen (secondary N) is 3.